The van der Waals surface area contributed by atoms with Crippen molar-refractivity contribution in [2.24, 2.45) is 12.5 Å². The van der Waals surface area contributed by atoms with Crippen molar-refractivity contribution in [2.45, 2.75) is 44.3 Å². The van der Waals surface area contributed by atoms with Gasteiger partial charge in [0.15, 0.2) is 0 Å². The largest absolute Gasteiger partial charge is 0.380 e. The molecular formula is C31H34N6O3S. The summed E-state index contributed by atoms with van der Waals surface area (Å²) in [6, 6.07) is 8.47. The molecule has 3 aliphatic rings. The molecule has 2 fully saturated rings. The SMILES string of the molecule is C=CC(=O)N1C[C@H](C)N(c2nc(=O)n3c4c(c(-c5cccc6cnn(C)c56)c(C)cc24)SCC2(COC2)C3)C[C@H]1C. The van der Waals surface area contributed by atoms with Gasteiger partial charge in [-0.15, -0.1) is 11.8 Å². The zero-order chi connectivity index (χ0) is 28.6. The van der Waals surface area contributed by atoms with Gasteiger partial charge in [-0.05, 0) is 38.5 Å². The predicted molar refractivity (Wildman–Crippen MR) is 163 cm³/mol. The molecule has 3 aliphatic heterocycles. The number of aryl methyl sites for hydroxylation is 2. The van der Waals surface area contributed by atoms with Gasteiger partial charge >= 0.3 is 5.69 Å². The van der Waals surface area contributed by atoms with Crippen molar-refractivity contribution in [3.63, 3.8) is 0 Å². The monoisotopic (exact) mass is 570 g/mol. The van der Waals surface area contributed by atoms with E-state index in [0.717, 1.165) is 49.1 Å². The Morgan fingerprint density at radius 1 is 1.20 bits per heavy atom. The minimum absolute atomic E-state index is 0.0168. The van der Waals surface area contributed by atoms with Gasteiger partial charge in [0.25, 0.3) is 0 Å². The third-order valence-electron chi connectivity index (χ3n) is 8.97. The summed E-state index contributed by atoms with van der Waals surface area (Å²) < 4.78 is 9.51. The summed E-state index contributed by atoms with van der Waals surface area (Å²) in [6.45, 7) is 13.0. The number of amides is 1. The Labute approximate surface area is 242 Å². The summed E-state index contributed by atoms with van der Waals surface area (Å²) >= 11 is 1.83. The first-order chi connectivity index (χ1) is 19.7. The molecule has 41 heavy (non-hydrogen) atoms. The van der Waals surface area contributed by atoms with Gasteiger partial charge in [0.2, 0.25) is 5.91 Å². The highest BCUT2D eigenvalue weighted by Gasteiger charge is 2.43. The Bertz CT molecular complexity index is 1810. The molecule has 212 valence electrons. The molecule has 0 unspecified atom stereocenters. The van der Waals surface area contributed by atoms with E-state index < -0.39 is 0 Å². The number of rotatable bonds is 3. The van der Waals surface area contributed by atoms with Crippen molar-refractivity contribution in [3.05, 3.63) is 59.2 Å². The molecule has 9 nitrogen and oxygen atoms in total. The van der Waals surface area contributed by atoms with Gasteiger partial charge in [0.05, 0.1) is 30.4 Å². The van der Waals surface area contributed by atoms with Crippen LogP contribution in [0.3, 0.4) is 0 Å². The number of hydrogen-bond acceptors (Lipinski definition) is 7. The highest BCUT2D eigenvalue weighted by molar-refractivity contribution is 7.99. The van der Waals surface area contributed by atoms with E-state index in [9.17, 15) is 9.59 Å². The zero-order valence-corrected chi connectivity index (χ0v) is 24.7. The quantitative estimate of drug-likeness (QED) is 0.345. The fourth-order valence-electron chi connectivity index (χ4n) is 6.82. The second-order valence-electron chi connectivity index (χ2n) is 11.9. The fourth-order valence-corrected chi connectivity index (χ4v) is 8.30. The van der Waals surface area contributed by atoms with E-state index >= 15 is 0 Å². The predicted octanol–water partition coefficient (Wildman–Crippen LogP) is 3.99. The smallest absolute Gasteiger partial charge is 0.350 e. The summed E-state index contributed by atoms with van der Waals surface area (Å²) in [7, 11) is 1.98. The Hall–Kier alpha value is -3.63. The van der Waals surface area contributed by atoms with Crippen LogP contribution in [0, 0.1) is 12.3 Å². The lowest BCUT2D eigenvalue weighted by molar-refractivity contribution is -0.128. The molecule has 0 N–H and O–H groups in total. The second-order valence-corrected chi connectivity index (χ2v) is 12.9. The van der Waals surface area contributed by atoms with E-state index in [1.54, 1.807) is 0 Å². The van der Waals surface area contributed by atoms with E-state index in [0.29, 0.717) is 38.7 Å². The minimum atomic E-state index is -0.236. The van der Waals surface area contributed by atoms with Crippen LogP contribution in [0.1, 0.15) is 19.4 Å². The van der Waals surface area contributed by atoms with Crippen molar-refractivity contribution in [1.29, 1.82) is 0 Å². The molecule has 2 saturated heterocycles. The number of fused-ring (bicyclic) bond motifs is 1. The number of ether oxygens (including phenoxy) is 1. The molecule has 5 heterocycles. The molecule has 4 aromatic rings. The van der Waals surface area contributed by atoms with Crippen LogP contribution in [0.15, 0.2) is 52.8 Å². The van der Waals surface area contributed by atoms with Crippen LogP contribution in [0.4, 0.5) is 5.82 Å². The van der Waals surface area contributed by atoms with E-state index in [1.165, 1.54) is 6.08 Å². The number of carbonyl (C=O) groups is 1. The van der Waals surface area contributed by atoms with Gasteiger partial charge in [-0.1, -0.05) is 24.8 Å². The van der Waals surface area contributed by atoms with Crippen LogP contribution in [-0.4, -0.2) is 74.3 Å². The zero-order valence-electron chi connectivity index (χ0n) is 23.9. The van der Waals surface area contributed by atoms with Gasteiger partial charge in [0, 0.05) is 76.7 Å². The number of para-hydroxylation sites is 1. The van der Waals surface area contributed by atoms with Gasteiger partial charge in [-0.3, -0.25) is 14.0 Å². The number of piperazine rings is 1. The lowest BCUT2D eigenvalue weighted by atomic mass is 9.88. The number of hydrogen-bond donors (Lipinski definition) is 0. The Morgan fingerprint density at radius 2 is 2.00 bits per heavy atom. The number of thioether (sulfide) groups is 1. The Morgan fingerprint density at radius 3 is 2.73 bits per heavy atom. The van der Waals surface area contributed by atoms with Crippen molar-refractivity contribution in [3.8, 4) is 11.1 Å². The van der Waals surface area contributed by atoms with Gasteiger partial charge in [-0.2, -0.15) is 10.1 Å². The molecular weight excluding hydrogens is 536 g/mol. The molecule has 1 spiro atoms. The van der Waals surface area contributed by atoms with Gasteiger partial charge < -0.3 is 14.5 Å². The molecule has 0 bridgehead atoms. The summed E-state index contributed by atoms with van der Waals surface area (Å²) in [5.74, 6) is 1.49. The molecule has 0 aliphatic carbocycles. The normalized spacial score (nSPS) is 21.8. The van der Waals surface area contributed by atoms with Crippen LogP contribution >= 0.6 is 11.8 Å². The average Bonchev–Trinajstić information content (AvgIpc) is 3.21. The summed E-state index contributed by atoms with van der Waals surface area (Å²) in [5.41, 5.74) is 5.07. The van der Waals surface area contributed by atoms with E-state index in [-0.39, 0.29) is 29.1 Å². The molecule has 2 aromatic carbocycles. The molecule has 7 rings (SSSR count). The fraction of sp³-hybridized carbons (Fsp3) is 0.419. The lowest BCUT2D eigenvalue weighted by Crippen LogP contribution is -2.58. The van der Waals surface area contributed by atoms with Crippen LogP contribution < -0.4 is 10.6 Å². The minimum Gasteiger partial charge on any atom is -0.380 e. The van der Waals surface area contributed by atoms with E-state index in [2.05, 4.69) is 54.7 Å². The van der Waals surface area contributed by atoms with E-state index in [1.807, 2.05) is 46.1 Å². The molecule has 10 heteroatoms. The lowest BCUT2D eigenvalue weighted by Gasteiger charge is -2.44. The standard InChI is InChI=1S/C31H34N6O3S/c1-6-24(38)35-12-20(4)36(13-19(35)3)29-23-10-18(2)25(22-9-7-8-21-11-32-34(5)26(21)22)28-27(23)37(30(39)33-29)14-31(17-41-28)15-40-16-31/h6-11,19-20H,1,12-17H2,2-5H3/t19-,20+/m1/s1. The van der Waals surface area contributed by atoms with E-state index in [4.69, 9.17) is 9.72 Å². The molecule has 0 radical (unpaired) electrons. The molecule has 2 atom stereocenters. The Balaban J connectivity index is 1.48. The first-order valence-corrected chi connectivity index (χ1v) is 15.1. The number of carbonyl (C=O) groups excluding carboxylic acids is 1. The molecule has 2 aromatic heterocycles. The third kappa shape index (κ3) is 3.94. The van der Waals surface area contributed by atoms with Crippen LogP contribution in [0.25, 0.3) is 32.9 Å². The van der Waals surface area contributed by atoms with Crippen molar-refractivity contribution < 1.29 is 9.53 Å². The van der Waals surface area contributed by atoms with Crippen LogP contribution in [0.5, 0.6) is 0 Å². The summed E-state index contributed by atoms with van der Waals surface area (Å²) in [4.78, 5) is 36.4. The highest BCUT2D eigenvalue weighted by Crippen LogP contribution is 2.49. The number of anilines is 1. The average molecular weight is 571 g/mol. The first-order valence-electron chi connectivity index (χ1n) is 14.1. The summed E-state index contributed by atoms with van der Waals surface area (Å²) in [6.07, 6.45) is 3.28. The maximum atomic E-state index is 13.9. The second kappa shape index (κ2) is 9.46. The number of nitrogens with zero attached hydrogens (tertiary/aromatic N) is 6. The van der Waals surface area contributed by atoms with Crippen LogP contribution in [0.2, 0.25) is 0 Å². The molecule has 0 saturated carbocycles. The first kappa shape index (κ1) is 26.3. The van der Waals surface area contributed by atoms with Crippen LogP contribution in [-0.2, 0) is 23.1 Å². The van der Waals surface area contributed by atoms with Gasteiger partial charge in [-0.25, -0.2) is 4.79 Å². The number of aromatic nitrogens is 4. The van der Waals surface area contributed by atoms with Crippen molar-refractivity contribution >= 4 is 45.3 Å². The highest BCUT2D eigenvalue weighted by atomic mass is 32.2. The van der Waals surface area contributed by atoms with Crippen molar-refractivity contribution in [1.82, 2.24) is 24.2 Å². The third-order valence-corrected chi connectivity index (χ3v) is 10.4. The topological polar surface area (TPSA) is 85.5 Å². The molecule has 1 amide bonds. The maximum Gasteiger partial charge on any atom is 0.350 e. The summed E-state index contributed by atoms with van der Waals surface area (Å²) in [5, 5.41) is 6.60. The van der Waals surface area contributed by atoms with Gasteiger partial charge in [0.1, 0.15) is 5.82 Å². The van der Waals surface area contributed by atoms with Crippen molar-refractivity contribution in [2.75, 3.05) is 37.0 Å². The number of benzene rings is 2. The Kier molecular flexibility index (Phi) is 6.06. The maximum absolute atomic E-state index is 13.9.